The zero-order valence-corrected chi connectivity index (χ0v) is 10.6. The largest absolute Gasteiger partial charge is 0.392 e. The van der Waals surface area contributed by atoms with Crippen LogP contribution in [0.4, 0.5) is 5.69 Å². The van der Waals surface area contributed by atoms with Crippen molar-refractivity contribution in [2.45, 2.75) is 13.2 Å². The Morgan fingerprint density at radius 2 is 1.63 bits per heavy atom. The first-order valence-corrected chi connectivity index (χ1v) is 6.09. The number of nitrogens with one attached hydrogen (secondary N) is 1. The summed E-state index contributed by atoms with van der Waals surface area (Å²) in [5.41, 5.74) is 8.57. The lowest BCUT2D eigenvalue weighted by Gasteiger charge is -2.07. The Kier molecular flexibility index (Phi) is 4.53. The third-order valence-corrected chi connectivity index (χ3v) is 2.75. The number of anilines is 1. The average molecular weight is 255 g/mol. The summed E-state index contributed by atoms with van der Waals surface area (Å²) in [4.78, 5) is 4.27. The fraction of sp³-hybridized carbons (Fsp3) is 0.133. The number of aliphatic hydroxyl groups is 1. The predicted octanol–water partition coefficient (Wildman–Crippen LogP) is 2.11. The van der Waals surface area contributed by atoms with Crippen LogP contribution >= 0.6 is 0 Å². The van der Waals surface area contributed by atoms with Crippen molar-refractivity contribution in [2.24, 2.45) is 10.7 Å². The van der Waals surface area contributed by atoms with E-state index in [9.17, 15) is 5.11 Å². The van der Waals surface area contributed by atoms with E-state index in [1.165, 1.54) is 0 Å². The summed E-state index contributed by atoms with van der Waals surface area (Å²) in [7, 11) is 0. The van der Waals surface area contributed by atoms with Crippen LogP contribution in [0.2, 0.25) is 0 Å². The molecule has 0 bridgehead atoms. The number of guanidine groups is 1. The number of nitrogens with zero attached hydrogens (tertiary/aromatic N) is 1. The number of hydrogen-bond donors (Lipinski definition) is 3. The van der Waals surface area contributed by atoms with Crippen molar-refractivity contribution in [3.05, 3.63) is 65.7 Å². The number of rotatable bonds is 4. The van der Waals surface area contributed by atoms with Gasteiger partial charge in [0.05, 0.1) is 13.2 Å². The second-order valence-electron chi connectivity index (χ2n) is 4.12. The topological polar surface area (TPSA) is 70.6 Å². The molecule has 4 N–H and O–H groups in total. The molecule has 2 aromatic carbocycles. The summed E-state index contributed by atoms with van der Waals surface area (Å²) in [5, 5.41) is 12.2. The quantitative estimate of drug-likeness (QED) is 0.579. The van der Waals surface area contributed by atoms with Gasteiger partial charge in [0.1, 0.15) is 0 Å². The Labute approximate surface area is 112 Å². The van der Waals surface area contributed by atoms with Gasteiger partial charge in [0.2, 0.25) is 0 Å². The van der Waals surface area contributed by atoms with Gasteiger partial charge < -0.3 is 16.2 Å². The molecule has 0 aliphatic rings. The minimum atomic E-state index is 0.0116. The van der Waals surface area contributed by atoms with Crippen molar-refractivity contribution in [1.82, 2.24) is 0 Å². The van der Waals surface area contributed by atoms with Gasteiger partial charge in [0.15, 0.2) is 5.96 Å². The van der Waals surface area contributed by atoms with Gasteiger partial charge in [0.25, 0.3) is 0 Å². The first-order valence-electron chi connectivity index (χ1n) is 6.09. The molecule has 0 spiro atoms. The van der Waals surface area contributed by atoms with Crippen molar-refractivity contribution in [3.63, 3.8) is 0 Å². The summed E-state index contributed by atoms with van der Waals surface area (Å²) in [5.74, 6) is 0.360. The lowest BCUT2D eigenvalue weighted by Crippen LogP contribution is -2.22. The van der Waals surface area contributed by atoms with Gasteiger partial charge >= 0.3 is 0 Å². The highest BCUT2D eigenvalue weighted by atomic mass is 16.3. The van der Waals surface area contributed by atoms with E-state index in [0.29, 0.717) is 12.5 Å². The fourth-order valence-corrected chi connectivity index (χ4v) is 1.75. The number of para-hydroxylation sites is 1. The molecule has 98 valence electrons. The van der Waals surface area contributed by atoms with Crippen LogP contribution in [0.3, 0.4) is 0 Å². The van der Waals surface area contributed by atoms with Crippen LogP contribution in [0.5, 0.6) is 0 Å². The first-order chi connectivity index (χ1) is 9.29. The molecule has 0 fully saturated rings. The Hall–Kier alpha value is -2.33. The molecule has 0 aliphatic carbocycles. The monoisotopic (exact) mass is 255 g/mol. The first kappa shape index (κ1) is 13.1. The highest BCUT2D eigenvalue weighted by molar-refractivity contribution is 5.92. The Bertz CT molecular complexity index is 552. The standard InChI is InChI=1S/C15H17N3O/c16-15(18-14-8-2-1-3-9-14)17-10-12-6-4-5-7-13(12)11-19/h1-9,19H,10-11H2,(H3,16,17,18). The minimum absolute atomic E-state index is 0.0116. The van der Waals surface area contributed by atoms with Crippen molar-refractivity contribution in [3.8, 4) is 0 Å². The summed E-state index contributed by atoms with van der Waals surface area (Å²) < 4.78 is 0. The Morgan fingerprint density at radius 3 is 2.32 bits per heavy atom. The maximum Gasteiger partial charge on any atom is 0.193 e. The number of aliphatic hydroxyl groups excluding tert-OH is 1. The maximum atomic E-state index is 9.22. The fourth-order valence-electron chi connectivity index (χ4n) is 1.75. The second kappa shape index (κ2) is 6.56. The highest BCUT2D eigenvalue weighted by Gasteiger charge is 2.00. The predicted molar refractivity (Wildman–Crippen MR) is 77.8 cm³/mol. The molecule has 0 heterocycles. The van der Waals surface area contributed by atoms with E-state index in [0.717, 1.165) is 16.8 Å². The molecule has 0 aromatic heterocycles. The zero-order valence-electron chi connectivity index (χ0n) is 10.6. The number of hydrogen-bond acceptors (Lipinski definition) is 2. The zero-order chi connectivity index (χ0) is 13.5. The number of aliphatic imine (C=N–C) groups is 1. The van der Waals surface area contributed by atoms with Crippen molar-refractivity contribution < 1.29 is 5.11 Å². The lowest BCUT2D eigenvalue weighted by molar-refractivity contribution is 0.280. The number of benzene rings is 2. The van der Waals surface area contributed by atoms with Gasteiger partial charge in [-0.15, -0.1) is 0 Å². The summed E-state index contributed by atoms with van der Waals surface area (Å²) in [6.45, 7) is 0.458. The van der Waals surface area contributed by atoms with Gasteiger partial charge in [-0.05, 0) is 23.3 Å². The van der Waals surface area contributed by atoms with Crippen LogP contribution in [-0.4, -0.2) is 11.1 Å². The SMILES string of the molecule is NC(=NCc1ccccc1CO)Nc1ccccc1. The third kappa shape index (κ3) is 3.82. The van der Waals surface area contributed by atoms with E-state index in [1.807, 2.05) is 54.6 Å². The normalized spacial score (nSPS) is 11.3. The van der Waals surface area contributed by atoms with E-state index in [1.54, 1.807) is 0 Å². The number of nitrogens with two attached hydrogens (primary N) is 1. The minimum Gasteiger partial charge on any atom is -0.392 e. The van der Waals surface area contributed by atoms with E-state index < -0.39 is 0 Å². The van der Waals surface area contributed by atoms with E-state index in [2.05, 4.69) is 10.3 Å². The summed E-state index contributed by atoms with van der Waals surface area (Å²) >= 11 is 0. The Balaban J connectivity index is 2.02. The van der Waals surface area contributed by atoms with E-state index in [4.69, 9.17) is 5.73 Å². The Morgan fingerprint density at radius 1 is 1.00 bits per heavy atom. The summed E-state index contributed by atoms with van der Waals surface area (Å²) in [6.07, 6.45) is 0. The van der Waals surface area contributed by atoms with Crippen LogP contribution in [0, 0.1) is 0 Å². The molecule has 0 radical (unpaired) electrons. The van der Waals surface area contributed by atoms with Gasteiger partial charge in [-0.2, -0.15) is 0 Å². The van der Waals surface area contributed by atoms with Crippen LogP contribution in [0.15, 0.2) is 59.6 Å². The summed E-state index contributed by atoms with van der Waals surface area (Å²) in [6, 6.07) is 17.3. The highest BCUT2D eigenvalue weighted by Crippen LogP contribution is 2.10. The van der Waals surface area contributed by atoms with Gasteiger partial charge in [-0.1, -0.05) is 42.5 Å². The van der Waals surface area contributed by atoms with E-state index >= 15 is 0 Å². The van der Waals surface area contributed by atoms with Gasteiger partial charge in [-0.25, -0.2) is 4.99 Å². The van der Waals surface area contributed by atoms with Crippen LogP contribution in [0.25, 0.3) is 0 Å². The van der Waals surface area contributed by atoms with Crippen molar-refractivity contribution in [2.75, 3.05) is 5.32 Å². The molecule has 0 unspecified atom stereocenters. The molecule has 4 heteroatoms. The molecule has 0 atom stereocenters. The molecule has 2 rings (SSSR count). The van der Waals surface area contributed by atoms with Gasteiger partial charge in [-0.3, -0.25) is 0 Å². The molecule has 0 saturated carbocycles. The van der Waals surface area contributed by atoms with Crippen LogP contribution < -0.4 is 11.1 Å². The molecule has 19 heavy (non-hydrogen) atoms. The van der Waals surface area contributed by atoms with Crippen LogP contribution in [0.1, 0.15) is 11.1 Å². The van der Waals surface area contributed by atoms with Gasteiger partial charge in [0, 0.05) is 5.69 Å². The molecule has 4 nitrogen and oxygen atoms in total. The average Bonchev–Trinajstić information content (AvgIpc) is 2.46. The third-order valence-electron chi connectivity index (χ3n) is 2.75. The van der Waals surface area contributed by atoms with E-state index in [-0.39, 0.29) is 6.61 Å². The van der Waals surface area contributed by atoms with Crippen molar-refractivity contribution >= 4 is 11.6 Å². The smallest absolute Gasteiger partial charge is 0.193 e. The van der Waals surface area contributed by atoms with Crippen LogP contribution in [-0.2, 0) is 13.2 Å². The van der Waals surface area contributed by atoms with Crippen molar-refractivity contribution in [1.29, 1.82) is 0 Å². The molecule has 0 amide bonds. The maximum absolute atomic E-state index is 9.22. The molecule has 0 saturated heterocycles. The molecule has 0 aliphatic heterocycles. The second-order valence-corrected chi connectivity index (χ2v) is 4.12. The lowest BCUT2D eigenvalue weighted by atomic mass is 10.1. The molecular weight excluding hydrogens is 238 g/mol. The molecule has 2 aromatic rings. The molecular formula is C15H17N3O.